The first-order valence-corrected chi connectivity index (χ1v) is 27.9. The number of hydrogen-bond acceptors (Lipinski definition) is 13. The molecule has 5 aliphatic rings. The molecular weight excluding hydrogens is 1060 g/mol. The van der Waals surface area contributed by atoms with Crippen molar-refractivity contribution in [2.75, 3.05) is 78.0 Å². The van der Waals surface area contributed by atoms with Crippen molar-refractivity contribution in [3.63, 3.8) is 0 Å². The molecule has 2 N–H and O–H groups in total. The zero-order valence-electron chi connectivity index (χ0n) is 45.0. The van der Waals surface area contributed by atoms with Crippen LogP contribution in [0.1, 0.15) is 89.1 Å². The van der Waals surface area contributed by atoms with Crippen molar-refractivity contribution in [2.24, 2.45) is 16.7 Å². The number of aromatic nitrogens is 3. The van der Waals surface area contributed by atoms with Crippen LogP contribution in [-0.2, 0) is 52.8 Å². The van der Waals surface area contributed by atoms with Crippen LogP contribution in [-0.4, -0.2) is 167 Å². The number of esters is 1. The van der Waals surface area contributed by atoms with Crippen molar-refractivity contribution >= 4 is 69.1 Å². The first kappa shape index (κ1) is 57.2. The van der Waals surface area contributed by atoms with Gasteiger partial charge in [-0.3, -0.25) is 34.0 Å². The number of alkyl halides is 5. The number of nitrogens with one attached hydrogen (secondary N) is 2. The number of carbonyl (C=O) groups is 5. The molecule has 4 amide bonds. The lowest BCUT2D eigenvalue weighted by atomic mass is 9.77. The second-order valence-corrected chi connectivity index (χ2v) is 24.0. The zero-order valence-corrected chi connectivity index (χ0v) is 46.6. The van der Waals surface area contributed by atoms with Crippen molar-refractivity contribution in [3.8, 4) is 22.5 Å². The summed E-state index contributed by atoms with van der Waals surface area (Å²) in [5.41, 5.74) is 0.889. The molecule has 17 nitrogen and oxygen atoms in total. The van der Waals surface area contributed by atoms with Gasteiger partial charge in [0.1, 0.15) is 30.5 Å². The highest BCUT2D eigenvalue weighted by Gasteiger charge is 2.53. The Labute approximate surface area is 459 Å². The van der Waals surface area contributed by atoms with Crippen LogP contribution in [0.15, 0.2) is 29.8 Å². The number of hydrazine groups is 1. The summed E-state index contributed by atoms with van der Waals surface area (Å²) in [5, 5.41) is 6.38. The number of thiazole rings is 1. The molecule has 3 aromatic heterocycles. The molecule has 6 bridgehead atoms. The van der Waals surface area contributed by atoms with E-state index in [-0.39, 0.29) is 80.4 Å². The number of nitrogens with zero attached hydrogens (tertiary/aromatic N) is 8. The minimum absolute atomic E-state index is 0.0211. The van der Waals surface area contributed by atoms with E-state index in [0.29, 0.717) is 71.7 Å². The number of piperazine rings is 1. The molecule has 24 heteroatoms. The molecule has 4 aromatic rings. The molecule has 5 aliphatic heterocycles. The van der Waals surface area contributed by atoms with Crippen LogP contribution in [0.4, 0.5) is 27.6 Å². The number of carbonyl (C=O) groups excluding carboxylic acids is 5. The summed E-state index contributed by atoms with van der Waals surface area (Å²) in [6, 6.07) is 1.01. The van der Waals surface area contributed by atoms with E-state index >= 15 is 17.6 Å². The third-order valence-electron chi connectivity index (χ3n) is 16.0. The van der Waals surface area contributed by atoms with Gasteiger partial charge in [-0.25, -0.2) is 19.2 Å². The minimum atomic E-state index is -4.76. The Morgan fingerprint density at radius 3 is 2.45 bits per heavy atom. The van der Waals surface area contributed by atoms with Gasteiger partial charge >= 0.3 is 12.1 Å². The van der Waals surface area contributed by atoms with Gasteiger partial charge in [0.25, 0.3) is 17.4 Å². The van der Waals surface area contributed by atoms with Gasteiger partial charge in [-0.1, -0.05) is 39.3 Å². The Morgan fingerprint density at radius 2 is 1.76 bits per heavy atom. The van der Waals surface area contributed by atoms with E-state index in [1.54, 1.807) is 32.3 Å². The SMILES string of the molecule is CO[C@@H](C)c1ncc(N2CCN(C)CC2)cc1-c1c2c3cc(c(F)cc3n1CC(F)(F)F)-c1csc(n1)C[C@H](NC(=O)[C@H](C(C)C)N1CCC[C@]3(CCN(C(=O)[C@H](F)Cl)C3)C1=O)C(=O)N1CCC[C@H](N1)C(=O)OCC(C)(C)C2. The number of piperidine rings is 1. The maximum absolute atomic E-state index is 17.0. The second-order valence-electron chi connectivity index (χ2n) is 22.7. The molecule has 4 saturated heterocycles. The summed E-state index contributed by atoms with van der Waals surface area (Å²) in [5.74, 6) is -4.55. The molecule has 0 unspecified atom stereocenters. The van der Waals surface area contributed by atoms with E-state index in [1.807, 2.05) is 27.0 Å². The number of likely N-dealkylation sites (N-methyl/N-ethyl adjacent to an activating group) is 1. The third-order valence-corrected chi connectivity index (χ3v) is 17.1. The highest BCUT2D eigenvalue weighted by Crippen LogP contribution is 2.46. The lowest BCUT2D eigenvalue weighted by Gasteiger charge is -2.44. The highest BCUT2D eigenvalue weighted by atomic mass is 35.5. The van der Waals surface area contributed by atoms with Gasteiger partial charge in [-0.05, 0) is 82.2 Å². The Hall–Kier alpha value is -5.49. The fourth-order valence-electron chi connectivity index (χ4n) is 11.9. The Kier molecular flexibility index (Phi) is 16.6. The molecular formula is C54H68ClF5N10O7S. The smallest absolute Gasteiger partial charge is 0.406 e. The highest BCUT2D eigenvalue weighted by molar-refractivity contribution is 7.10. The number of amides is 4. The van der Waals surface area contributed by atoms with E-state index in [2.05, 4.69) is 20.5 Å². The first-order chi connectivity index (χ1) is 36.9. The van der Waals surface area contributed by atoms with Gasteiger partial charge in [0, 0.05) is 93.2 Å². The fraction of sp³-hybridized carbons (Fsp3) is 0.611. The molecule has 0 saturated carbocycles. The number of likely N-dealkylation sites (tertiary alicyclic amines) is 2. The number of methoxy groups -OCH3 is 1. The standard InChI is InChI=1S/C54H68ClF5N10O7S/c1-30(2)44(68-13-9-11-53(51(68)75)12-15-67(27-53)49(73)46(55)57)47(71)63-39-23-42-62-40(26-78-42)34-21-33-36(24-52(4,5)29-77-50(74)38-10-8-14-70(64-38)48(39)72)45(69(28-54(58,59)60)41(33)22-37(34)56)35-20-32(25-61-43(35)31(3)76-7)66-18-16-65(6)17-19-66/h20-22,25-26,30-31,38-39,44,46,64H,8-19,23-24,27-29H2,1-7H3,(H,63,71)/t31-,38-,39-,44-,46-,53+/m0/s1. The maximum Gasteiger partial charge on any atom is 0.406 e. The molecule has 9 rings (SSSR count). The molecule has 0 radical (unpaired) electrons. The van der Waals surface area contributed by atoms with Crippen LogP contribution in [0.2, 0.25) is 0 Å². The second kappa shape index (κ2) is 22.6. The van der Waals surface area contributed by atoms with Gasteiger partial charge in [-0.15, -0.1) is 11.3 Å². The summed E-state index contributed by atoms with van der Waals surface area (Å²) in [6.45, 7) is 10.5. The van der Waals surface area contributed by atoms with Crippen LogP contribution in [0, 0.1) is 22.6 Å². The van der Waals surface area contributed by atoms with Crippen LogP contribution in [0.3, 0.4) is 0 Å². The number of hydrogen-bond donors (Lipinski definition) is 2. The molecule has 78 heavy (non-hydrogen) atoms. The molecule has 0 aliphatic carbocycles. The molecule has 8 heterocycles. The van der Waals surface area contributed by atoms with Crippen LogP contribution in [0.5, 0.6) is 0 Å². The summed E-state index contributed by atoms with van der Waals surface area (Å²) in [7, 11) is 3.51. The number of benzene rings is 1. The number of ether oxygens (including phenoxy) is 2. The van der Waals surface area contributed by atoms with Crippen LogP contribution < -0.4 is 15.6 Å². The van der Waals surface area contributed by atoms with Crippen molar-refractivity contribution in [1.29, 1.82) is 0 Å². The summed E-state index contributed by atoms with van der Waals surface area (Å²) in [4.78, 5) is 87.5. The average Bonchev–Trinajstić information content (AvgIpc) is 4.33. The normalized spacial score (nSPS) is 23.9. The van der Waals surface area contributed by atoms with E-state index in [1.165, 1.54) is 28.0 Å². The number of pyridine rings is 1. The van der Waals surface area contributed by atoms with E-state index < -0.39 is 88.8 Å². The van der Waals surface area contributed by atoms with Crippen LogP contribution >= 0.6 is 22.9 Å². The van der Waals surface area contributed by atoms with Crippen molar-refractivity contribution < 1.29 is 55.4 Å². The number of halogens is 6. The summed E-state index contributed by atoms with van der Waals surface area (Å²) >= 11 is 6.59. The van der Waals surface area contributed by atoms with Crippen molar-refractivity contribution in [3.05, 3.63) is 51.9 Å². The van der Waals surface area contributed by atoms with Gasteiger partial charge in [0.2, 0.25) is 11.8 Å². The summed E-state index contributed by atoms with van der Waals surface area (Å²) in [6.07, 6.45) is -2.06. The first-order valence-electron chi connectivity index (χ1n) is 26.6. The number of anilines is 1. The molecule has 424 valence electrons. The number of cyclic esters (lactones) is 1. The minimum Gasteiger partial charge on any atom is -0.464 e. The quantitative estimate of drug-likeness (QED) is 0.0944. The fourth-order valence-corrected chi connectivity index (χ4v) is 12.9. The van der Waals surface area contributed by atoms with Gasteiger partial charge in [0.15, 0.2) is 0 Å². The Balaban J connectivity index is 1.14. The van der Waals surface area contributed by atoms with Gasteiger partial charge < -0.3 is 39.0 Å². The van der Waals surface area contributed by atoms with Gasteiger partial charge in [-0.2, -0.15) is 13.2 Å². The lowest BCUT2D eigenvalue weighted by molar-refractivity contribution is -0.156. The largest absolute Gasteiger partial charge is 0.464 e. The van der Waals surface area contributed by atoms with E-state index in [4.69, 9.17) is 31.0 Å². The zero-order chi connectivity index (χ0) is 56.2. The molecule has 6 atom stereocenters. The van der Waals surface area contributed by atoms with E-state index in [9.17, 15) is 28.4 Å². The van der Waals surface area contributed by atoms with Crippen LogP contribution in [0.25, 0.3) is 33.4 Å². The third kappa shape index (κ3) is 11.7. The van der Waals surface area contributed by atoms with Crippen molar-refractivity contribution in [2.45, 2.75) is 122 Å². The maximum atomic E-state index is 17.0. The monoisotopic (exact) mass is 1130 g/mol. The molecule has 1 aromatic carbocycles. The Bertz CT molecular complexity index is 2950. The average molecular weight is 1130 g/mol. The van der Waals surface area contributed by atoms with E-state index in [0.717, 1.165) is 35.1 Å². The van der Waals surface area contributed by atoms with Crippen molar-refractivity contribution in [1.82, 2.24) is 45.0 Å². The Morgan fingerprint density at radius 1 is 1.01 bits per heavy atom. The molecule has 1 spiro atoms. The number of fused-ring (bicyclic) bond motifs is 6. The lowest BCUT2D eigenvalue weighted by Crippen LogP contribution is -2.63. The van der Waals surface area contributed by atoms with Gasteiger partial charge in [0.05, 0.1) is 57.6 Å². The molecule has 4 fully saturated rings. The predicted octanol–water partition coefficient (Wildman–Crippen LogP) is 7.04. The number of rotatable bonds is 10. The summed E-state index contributed by atoms with van der Waals surface area (Å²) < 4.78 is 89.1. The topological polar surface area (TPSA) is 175 Å². The predicted molar refractivity (Wildman–Crippen MR) is 283 cm³/mol.